The Labute approximate surface area is 109 Å². The molecule has 0 radical (unpaired) electrons. The summed E-state index contributed by atoms with van der Waals surface area (Å²) in [7, 11) is 1.40. The topological polar surface area (TPSA) is 26.3 Å². The molecule has 0 amide bonds. The van der Waals surface area contributed by atoms with Gasteiger partial charge < -0.3 is 4.74 Å². The van der Waals surface area contributed by atoms with Crippen molar-refractivity contribution in [1.82, 2.24) is 0 Å². The lowest BCUT2D eigenvalue weighted by Crippen LogP contribution is -1.92. The predicted molar refractivity (Wildman–Crippen MR) is 69.7 cm³/mol. The molecule has 5 heteroatoms. The van der Waals surface area contributed by atoms with Crippen molar-refractivity contribution in [3.8, 4) is 5.75 Å². The molecule has 0 saturated heterocycles. The molecule has 2 nitrogen and oxygen atoms in total. The molecule has 0 aliphatic rings. The fraction of sp³-hybridized carbons (Fsp3) is 0.308. The van der Waals surface area contributed by atoms with E-state index in [9.17, 15) is 13.6 Å². The van der Waals surface area contributed by atoms with Crippen LogP contribution in [0.3, 0.4) is 0 Å². The highest BCUT2D eigenvalue weighted by atomic mass is 32.2. The number of thioether (sulfide) groups is 1. The Morgan fingerprint density at radius 1 is 1.39 bits per heavy atom. The molecule has 0 bridgehead atoms. The minimum Gasteiger partial charge on any atom is -0.496 e. The van der Waals surface area contributed by atoms with Gasteiger partial charge in [-0.05, 0) is 12.5 Å². The highest BCUT2D eigenvalue weighted by molar-refractivity contribution is 8.13. The van der Waals surface area contributed by atoms with Crippen molar-refractivity contribution in [3.05, 3.63) is 35.4 Å². The fourth-order valence-corrected chi connectivity index (χ4v) is 1.87. The first-order valence-electron chi connectivity index (χ1n) is 5.37. The van der Waals surface area contributed by atoms with Crippen molar-refractivity contribution in [2.24, 2.45) is 0 Å². The van der Waals surface area contributed by atoms with Gasteiger partial charge in [0, 0.05) is 24.3 Å². The molecule has 0 atom stereocenters. The van der Waals surface area contributed by atoms with Crippen LogP contribution in [0.1, 0.15) is 18.9 Å². The second-order valence-corrected chi connectivity index (χ2v) is 4.81. The molecule has 0 unspecified atom stereocenters. The molecule has 1 aromatic carbocycles. The molecule has 0 fully saturated rings. The van der Waals surface area contributed by atoms with Gasteiger partial charge in [-0.25, -0.2) is 8.78 Å². The van der Waals surface area contributed by atoms with E-state index in [1.165, 1.54) is 25.8 Å². The van der Waals surface area contributed by atoms with Crippen LogP contribution in [0.2, 0.25) is 0 Å². The molecule has 0 spiro atoms. The van der Waals surface area contributed by atoms with Gasteiger partial charge in [0.2, 0.25) is 0 Å². The Kier molecular flexibility index (Phi) is 5.85. The van der Waals surface area contributed by atoms with Crippen LogP contribution in [0.5, 0.6) is 5.75 Å². The van der Waals surface area contributed by atoms with Gasteiger partial charge in [-0.2, -0.15) is 0 Å². The minimum absolute atomic E-state index is 0.0637. The van der Waals surface area contributed by atoms with E-state index in [1.54, 1.807) is 12.2 Å². The lowest BCUT2D eigenvalue weighted by Gasteiger charge is -2.05. The van der Waals surface area contributed by atoms with E-state index in [-0.39, 0.29) is 10.9 Å². The van der Waals surface area contributed by atoms with Gasteiger partial charge in [0.25, 0.3) is 0 Å². The van der Waals surface area contributed by atoms with Crippen molar-refractivity contribution < 1.29 is 18.3 Å². The zero-order chi connectivity index (χ0) is 13.5. The van der Waals surface area contributed by atoms with Crippen LogP contribution in [-0.2, 0) is 4.79 Å². The number of ether oxygens (including phenoxy) is 1. The summed E-state index contributed by atoms with van der Waals surface area (Å²) in [5.41, 5.74) is 0.476. The average Bonchev–Trinajstić information content (AvgIpc) is 2.32. The van der Waals surface area contributed by atoms with E-state index >= 15 is 0 Å². The molecule has 18 heavy (non-hydrogen) atoms. The molecular formula is C13H14F2O2S. The number of halogens is 2. The Balaban J connectivity index is 2.68. The van der Waals surface area contributed by atoms with Crippen LogP contribution in [0.4, 0.5) is 8.78 Å². The van der Waals surface area contributed by atoms with Crippen LogP contribution < -0.4 is 4.74 Å². The van der Waals surface area contributed by atoms with Crippen LogP contribution in [0, 0.1) is 11.6 Å². The molecule has 0 heterocycles. The van der Waals surface area contributed by atoms with Gasteiger partial charge in [-0.3, -0.25) is 4.79 Å². The molecule has 0 saturated carbocycles. The fourth-order valence-electron chi connectivity index (χ4n) is 1.33. The summed E-state index contributed by atoms with van der Waals surface area (Å²) in [6.07, 6.45) is 4.12. The molecule has 1 rings (SSSR count). The maximum absolute atomic E-state index is 13.1. The summed E-state index contributed by atoms with van der Waals surface area (Å²) in [4.78, 5) is 10.7. The number of carbonyl (C=O) groups excluding carboxylic acids is 1. The Morgan fingerprint density at radius 2 is 2.06 bits per heavy atom. The Bertz CT molecular complexity index is 459. The minimum atomic E-state index is -0.934. The van der Waals surface area contributed by atoms with E-state index in [1.807, 2.05) is 0 Å². The molecule has 0 aromatic heterocycles. The lowest BCUT2D eigenvalue weighted by molar-refractivity contribution is -0.109. The van der Waals surface area contributed by atoms with Crippen molar-refractivity contribution >= 4 is 23.0 Å². The summed E-state index contributed by atoms with van der Waals surface area (Å²) >= 11 is 1.23. The largest absolute Gasteiger partial charge is 0.496 e. The van der Waals surface area contributed by atoms with E-state index in [2.05, 4.69) is 0 Å². The van der Waals surface area contributed by atoms with Gasteiger partial charge in [-0.15, -0.1) is 0 Å². The van der Waals surface area contributed by atoms with E-state index in [0.717, 1.165) is 12.1 Å². The second-order valence-electron chi connectivity index (χ2n) is 3.54. The first-order valence-corrected chi connectivity index (χ1v) is 6.36. The zero-order valence-electron chi connectivity index (χ0n) is 10.2. The third kappa shape index (κ3) is 4.49. The lowest BCUT2D eigenvalue weighted by atomic mass is 10.1. The molecule has 0 aliphatic carbocycles. The summed E-state index contributed by atoms with van der Waals surface area (Å²) in [6.45, 7) is 1.51. The van der Waals surface area contributed by atoms with Crippen molar-refractivity contribution in [2.75, 3.05) is 12.9 Å². The van der Waals surface area contributed by atoms with E-state index in [0.29, 0.717) is 17.7 Å². The first-order chi connectivity index (χ1) is 8.54. The molecule has 0 aliphatic heterocycles. The van der Waals surface area contributed by atoms with Crippen LogP contribution in [0.25, 0.3) is 6.08 Å². The van der Waals surface area contributed by atoms with Crippen LogP contribution in [0.15, 0.2) is 18.2 Å². The average molecular weight is 272 g/mol. The second kappa shape index (κ2) is 7.16. The number of benzene rings is 1. The molecule has 98 valence electrons. The SMILES string of the molecule is COc1cc(F)c(F)cc1C=CCCSC(C)=O. The van der Waals surface area contributed by atoms with Gasteiger partial charge in [-0.1, -0.05) is 23.9 Å². The Hall–Kier alpha value is -1.36. The van der Waals surface area contributed by atoms with Gasteiger partial charge in [0.1, 0.15) is 5.75 Å². The molecule has 1 aromatic rings. The first kappa shape index (κ1) is 14.7. The number of rotatable bonds is 5. The summed E-state index contributed by atoms with van der Waals surface area (Å²) < 4.78 is 31.0. The third-order valence-corrected chi connectivity index (χ3v) is 3.01. The van der Waals surface area contributed by atoms with E-state index in [4.69, 9.17) is 4.74 Å². The quantitative estimate of drug-likeness (QED) is 0.765. The van der Waals surface area contributed by atoms with Crippen molar-refractivity contribution in [2.45, 2.75) is 13.3 Å². The third-order valence-electron chi connectivity index (χ3n) is 2.16. The highest BCUT2D eigenvalue weighted by Crippen LogP contribution is 2.23. The Morgan fingerprint density at radius 3 is 2.67 bits per heavy atom. The molecule has 0 N–H and O–H groups in total. The summed E-state index contributed by atoms with van der Waals surface area (Å²) in [5.74, 6) is -0.897. The van der Waals surface area contributed by atoms with E-state index < -0.39 is 11.6 Å². The number of methoxy groups -OCH3 is 1. The maximum Gasteiger partial charge on any atom is 0.185 e. The molecular weight excluding hydrogens is 258 g/mol. The predicted octanol–water partition coefficient (Wildman–Crippen LogP) is 3.66. The standard InChI is InChI=1S/C13H14F2O2S/c1-9(16)18-6-4-3-5-10-7-11(14)12(15)8-13(10)17-2/h3,5,7-8H,4,6H2,1-2H3. The zero-order valence-corrected chi connectivity index (χ0v) is 11.0. The van der Waals surface area contributed by atoms with Gasteiger partial charge >= 0.3 is 0 Å². The number of allylic oxidation sites excluding steroid dienone is 1. The summed E-state index contributed by atoms with van der Waals surface area (Å²) in [6, 6.07) is 2.10. The maximum atomic E-state index is 13.1. The van der Waals surface area contributed by atoms with Crippen molar-refractivity contribution in [1.29, 1.82) is 0 Å². The number of carbonyl (C=O) groups is 1. The number of hydrogen-bond acceptors (Lipinski definition) is 3. The van der Waals surface area contributed by atoms with Gasteiger partial charge in [0.15, 0.2) is 16.7 Å². The monoisotopic (exact) mass is 272 g/mol. The van der Waals surface area contributed by atoms with Crippen LogP contribution >= 0.6 is 11.8 Å². The van der Waals surface area contributed by atoms with Crippen LogP contribution in [-0.4, -0.2) is 18.0 Å². The summed E-state index contributed by atoms with van der Waals surface area (Å²) in [5, 5.41) is 0.0637. The van der Waals surface area contributed by atoms with Gasteiger partial charge in [0.05, 0.1) is 7.11 Å². The highest BCUT2D eigenvalue weighted by Gasteiger charge is 2.07. The smallest absolute Gasteiger partial charge is 0.185 e. The normalized spacial score (nSPS) is 10.9. The van der Waals surface area contributed by atoms with Crippen molar-refractivity contribution in [3.63, 3.8) is 0 Å². The number of hydrogen-bond donors (Lipinski definition) is 0.